The Morgan fingerprint density at radius 1 is 1.24 bits per heavy atom. The van der Waals surface area contributed by atoms with Gasteiger partial charge in [-0.15, -0.1) is 0 Å². The number of sulfonamides is 1. The summed E-state index contributed by atoms with van der Waals surface area (Å²) in [5, 5.41) is 7.98. The second kappa shape index (κ2) is 5.37. The number of anilines is 1. The second-order valence-corrected chi connectivity index (χ2v) is 8.20. The van der Waals surface area contributed by atoms with E-state index in [4.69, 9.17) is 5.14 Å². The highest BCUT2D eigenvalue weighted by Gasteiger charge is 2.54. The number of primary sulfonamides is 1. The fourth-order valence-corrected chi connectivity index (χ4v) is 5.06. The molecule has 1 aromatic carbocycles. The van der Waals surface area contributed by atoms with Gasteiger partial charge in [-0.2, -0.15) is 0 Å². The highest BCUT2D eigenvalue weighted by Crippen LogP contribution is 2.55. The lowest BCUT2D eigenvalue weighted by molar-refractivity contribution is -0.117. The number of nitrogens with one attached hydrogen (secondary N) is 1. The van der Waals surface area contributed by atoms with Gasteiger partial charge in [-0.1, -0.05) is 12.8 Å². The molecule has 2 saturated carbocycles. The average Bonchev–Trinajstić information content (AvgIpc) is 3.11. The smallest absolute Gasteiger partial charge is 0.239 e. The number of amides is 1. The van der Waals surface area contributed by atoms with Gasteiger partial charge in [0.2, 0.25) is 15.9 Å². The fourth-order valence-electron chi connectivity index (χ4n) is 3.42. The van der Waals surface area contributed by atoms with Crippen LogP contribution in [0.1, 0.15) is 25.7 Å². The summed E-state index contributed by atoms with van der Waals surface area (Å²) in [6.07, 6.45) is 4.74. The molecule has 3 rings (SSSR count). The van der Waals surface area contributed by atoms with Gasteiger partial charge in [-0.3, -0.25) is 4.79 Å². The molecule has 2 atom stereocenters. The summed E-state index contributed by atoms with van der Waals surface area (Å²) in [6.45, 7) is 0. The molecule has 0 aromatic heterocycles. The van der Waals surface area contributed by atoms with Crippen molar-refractivity contribution in [2.75, 3.05) is 5.32 Å². The summed E-state index contributed by atoms with van der Waals surface area (Å²) in [6, 6.07) is 4.53. The number of hydrogen-bond acceptors (Lipinski definition) is 3. The van der Waals surface area contributed by atoms with E-state index in [0.29, 0.717) is 22.0 Å². The number of fused-ring (bicyclic) bond motifs is 1. The first-order chi connectivity index (χ1) is 9.88. The van der Waals surface area contributed by atoms with Gasteiger partial charge in [0.1, 0.15) is 0 Å². The third-order valence-electron chi connectivity index (χ3n) is 4.47. The van der Waals surface area contributed by atoms with E-state index in [2.05, 4.69) is 21.2 Å². The molecule has 114 valence electrons. The largest absolute Gasteiger partial charge is 0.326 e. The Morgan fingerprint density at radius 3 is 2.38 bits per heavy atom. The fraction of sp³-hybridized carbons (Fsp3) is 0.500. The topological polar surface area (TPSA) is 89.3 Å². The van der Waals surface area contributed by atoms with Crippen LogP contribution in [-0.2, 0) is 14.8 Å². The zero-order valence-electron chi connectivity index (χ0n) is 11.4. The molecule has 2 aliphatic carbocycles. The maximum absolute atomic E-state index is 12.3. The van der Waals surface area contributed by atoms with E-state index in [-0.39, 0.29) is 16.7 Å². The number of hydrogen-bond donors (Lipinski definition) is 2. The number of nitrogens with two attached hydrogens (primary N) is 1. The van der Waals surface area contributed by atoms with Crippen LogP contribution in [0.2, 0.25) is 0 Å². The van der Waals surface area contributed by atoms with Crippen LogP contribution in [0, 0.1) is 17.8 Å². The van der Waals surface area contributed by atoms with E-state index in [1.807, 2.05) is 0 Å². The molecule has 0 heterocycles. The van der Waals surface area contributed by atoms with Crippen molar-refractivity contribution in [1.82, 2.24) is 0 Å². The summed E-state index contributed by atoms with van der Waals surface area (Å²) in [5.41, 5.74) is 0.586. The van der Waals surface area contributed by atoms with E-state index in [1.165, 1.54) is 18.9 Å². The van der Waals surface area contributed by atoms with Crippen LogP contribution in [0.5, 0.6) is 0 Å². The minimum Gasteiger partial charge on any atom is -0.326 e. The standard InChI is InChI=1S/C14H17BrN2O3S/c15-11-7-8(5-6-12(11)21(16,19)20)17-14(18)13-9-3-1-2-4-10(9)13/h5-7,9-10,13H,1-4H2,(H,17,18)(H2,16,19,20). The van der Waals surface area contributed by atoms with Gasteiger partial charge in [0, 0.05) is 16.1 Å². The first-order valence-corrected chi connectivity index (χ1v) is 9.35. The molecule has 21 heavy (non-hydrogen) atoms. The van der Waals surface area contributed by atoms with Crippen molar-refractivity contribution < 1.29 is 13.2 Å². The minimum atomic E-state index is -3.76. The highest BCUT2D eigenvalue weighted by molar-refractivity contribution is 9.10. The lowest BCUT2D eigenvalue weighted by Crippen LogP contribution is -2.16. The molecule has 0 saturated heterocycles. The van der Waals surface area contributed by atoms with Crippen LogP contribution in [0.4, 0.5) is 5.69 Å². The summed E-state index contributed by atoms with van der Waals surface area (Å²) in [4.78, 5) is 12.3. The number of rotatable bonds is 3. The van der Waals surface area contributed by atoms with Gasteiger partial charge < -0.3 is 5.32 Å². The van der Waals surface area contributed by atoms with Crippen LogP contribution in [0.25, 0.3) is 0 Å². The Balaban J connectivity index is 1.71. The summed E-state index contributed by atoms with van der Waals surface area (Å²) >= 11 is 3.18. The quantitative estimate of drug-likeness (QED) is 0.853. The van der Waals surface area contributed by atoms with E-state index >= 15 is 0 Å². The molecule has 1 aromatic rings. The monoisotopic (exact) mass is 372 g/mol. The van der Waals surface area contributed by atoms with E-state index in [1.54, 1.807) is 12.1 Å². The van der Waals surface area contributed by atoms with Crippen LogP contribution < -0.4 is 10.5 Å². The molecular formula is C14H17BrN2O3S. The third-order valence-corrected chi connectivity index (χ3v) is 6.35. The molecule has 0 spiro atoms. The van der Waals surface area contributed by atoms with E-state index < -0.39 is 10.0 Å². The van der Waals surface area contributed by atoms with Crippen LogP contribution in [0.15, 0.2) is 27.6 Å². The van der Waals surface area contributed by atoms with Crippen molar-refractivity contribution >= 4 is 37.5 Å². The van der Waals surface area contributed by atoms with Gasteiger partial charge in [0.25, 0.3) is 0 Å². The molecule has 1 amide bonds. The van der Waals surface area contributed by atoms with Gasteiger partial charge in [0.05, 0.1) is 4.90 Å². The van der Waals surface area contributed by atoms with E-state index in [9.17, 15) is 13.2 Å². The van der Waals surface area contributed by atoms with Crippen molar-refractivity contribution in [2.45, 2.75) is 30.6 Å². The second-order valence-electron chi connectivity index (χ2n) is 5.82. The Kier molecular flexibility index (Phi) is 3.83. The maximum atomic E-state index is 12.3. The highest BCUT2D eigenvalue weighted by atomic mass is 79.9. The van der Waals surface area contributed by atoms with Crippen LogP contribution >= 0.6 is 15.9 Å². The normalized spacial score (nSPS) is 27.8. The molecule has 0 aliphatic heterocycles. The Bertz CT molecular complexity index is 677. The zero-order valence-corrected chi connectivity index (χ0v) is 13.8. The Morgan fingerprint density at radius 2 is 1.86 bits per heavy atom. The Labute approximate surface area is 132 Å². The lowest BCUT2D eigenvalue weighted by Gasteiger charge is -2.08. The molecule has 2 fully saturated rings. The summed E-state index contributed by atoms with van der Waals surface area (Å²) in [5.74, 6) is 1.27. The number of benzene rings is 1. The summed E-state index contributed by atoms with van der Waals surface area (Å²) in [7, 11) is -3.76. The Hall–Kier alpha value is -0.920. The molecular weight excluding hydrogens is 356 g/mol. The number of carbonyl (C=O) groups excluding carboxylic acids is 1. The summed E-state index contributed by atoms with van der Waals surface area (Å²) < 4.78 is 23.0. The molecule has 0 radical (unpaired) electrons. The molecule has 0 bridgehead atoms. The van der Waals surface area contributed by atoms with Crippen molar-refractivity contribution in [3.05, 3.63) is 22.7 Å². The van der Waals surface area contributed by atoms with Crippen molar-refractivity contribution in [3.63, 3.8) is 0 Å². The van der Waals surface area contributed by atoms with Crippen LogP contribution in [-0.4, -0.2) is 14.3 Å². The molecule has 3 N–H and O–H groups in total. The van der Waals surface area contributed by atoms with Gasteiger partial charge in [0.15, 0.2) is 0 Å². The minimum absolute atomic E-state index is 0.0144. The van der Waals surface area contributed by atoms with Crippen molar-refractivity contribution in [2.24, 2.45) is 22.9 Å². The number of carbonyl (C=O) groups is 1. The van der Waals surface area contributed by atoms with E-state index in [0.717, 1.165) is 12.8 Å². The first kappa shape index (κ1) is 15.0. The number of halogens is 1. The van der Waals surface area contributed by atoms with Gasteiger partial charge in [-0.25, -0.2) is 13.6 Å². The van der Waals surface area contributed by atoms with Gasteiger partial charge >= 0.3 is 0 Å². The third kappa shape index (κ3) is 3.00. The molecule has 2 aliphatic rings. The lowest BCUT2D eigenvalue weighted by atomic mass is 10.0. The SMILES string of the molecule is NS(=O)(=O)c1ccc(NC(=O)C2C3CCCCC32)cc1Br. The van der Waals surface area contributed by atoms with Gasteiger partial charge in [-0.05, 0) is 58.8 Å². The maximum Gasteiger partial charge on any atom is 0.239 e. The predicted molar refractivity (Wildman–Crippen MR) is 83.1 cm³/mol. The molecule has 7 heteroatoms. The zero-order chi connectivity index (χ0) is 15.2. The first-order valence-electron chi connectivity index (χ1n) is 7.01. The van der Waals surface area contributed by atoms with Crippen LogP contribution in [0.3, 0.4) is 0 Å². The molecule has 2 unspecified atom stereocenters. The molecule has 5 nitrogen and oxygen atoms in total. The van der Waals surface area contributed by atoms with Crippen molar-refractivity contribution in [1.29, 1.82) is 0 Å². The average molecular weight is 373 g/mol. The van der Waals surface area contributed by atoms with Crippen molar-refractivity contribution in [3.8, 4) is 0 Å². The predicted octanol–water partition coefficient (Wildman–Crippen LogP) is 2.47.